The molecular weight excluding hydrogens is 409 g/mol. The van der Waals surface area contributed by atoms with E-state index < -0.39 is 5.82 Å². The van der Waals surface area contributed by atoms with Gasteiger partial charge in [0.15, 0.2) is 11.6 Å². The monoisotopic (exact) mass is 431 g/mol. The maximum Gasteiger partial charge on any atom is 0.346 e. The summed E-state index contributed by atoms with van der Waals surface area (Å²) < 4.78 is 21.9. The van der Waals surface area contributed by atoms with Gasteiger partial charge in [-0.1, -0.05) is 0 Å². The van der Waals surface area contributed by atoms with Crippen LogP contribution < -0.4 is 15.7 Å². The molecule has 4 rings (SSSR count). The van der Waals surface area contributed by atoms with E-state index in [9.17, 15) is 14.0 Å². The van der Waals surface area contributed by atoms with E-state index in [2.05, 4.69) is 15.4 Å². The van der Waals surface area contributed by atoms with Gasteiger partial charge in [0.25, 0.3) is 5.91 Å². The maximum atomic E-state index is 13.9. The first-order chi connectivity index (χ1) is 14.4. The van der Waals surface area contributed by atoms with E-state index in [-0.39, 0.29) is 29.0 Å². The van der Waals surface area contributed by atoms with Gasteiger partial charge in [0, 0.05) is 30.0 Å². The Kier molecular flexibility index (Phi) is 5.67. The predicted molar refractivity (Wildman–Crippen MR) is 110 cm³/mol. The number of halogens is 1. The average molecular weight is 431 g/mol. The second-order valence-corrected chi connectivity index (χ2v) is 8.28. The Bertz CT molecular complexity index is 1140. The molecule has 8 nitrogen and oxygen atoms in total. The Hall–Kier alpha value is -3.01. The molecule has 0 saturated carbocycles. The van der Waals surface area contributed by atoms with Gasteiger partial charge in [0.2, 0.25) is 0 Å². The summed E-state index contributed by atoms with van der Waals surface area (Å²) in [4.78, 5) is 29.6. The maximum absolute atomic E-state index is 13.9. The lowest BCUT2D eigenvalue weighted by Gasteiger charge is -2.16. The third-order valence-electron chi connectivity index (χ3n) is 5.14. The molecule has 1 amide bonds. The van der Waals surface area contributed by atoms with Crippen molar-refractivity contribution >= 4 is 17.2 Å². The number of hydrogen-bond acceptors (Lipinski definition) is 6. The summed E-state index contributed by atoms with van der Waals surface area (Å²) in [5.41, 5.74) is 0.890. The molecule has 158 valence electrons. The van der Waals surface area contributed by atoms with Crippen molar-refractivity contribution in [2.45, 2.75) is 45.3 Å². The first-order valence-electron chi connectivity index (χ1n) is 9.66. The van der Waals surface area contributed by atoms with Crippen molar-refractivity contribution in [3.8, 4) is 5.75 Å². The fourth-order valence-corrected chi connectivity index (χ4v) is 4.19. The lowest BCUT2D eigenvalue weighted by molar-refractivity contribution is 0.0932. The van der Waals surface area contributed by atoms with Crippen molar-refractivity contribution in [2.75, 3.05) is 7.11 Å². The molecule has 10 heteroatoms. The van der Waals surface area contributed by atoms with Gasteiger partial charge in [-0.2, -0.15) is 5.10 Å². The SMILES string of the molecule is COc1ccc(C(=O)NC2CCc3nn(Cc4csc(C)n4)c(=O)n3CC2)cc1F. The van der Waals surface area contributed by atoms with Crippen LogP contribution in [0.3, 0.4) is 0 Å². The number of fused-ring (bicyclic) bond motifs is 1. The van der Waals surface area contributed by atoms with Crippen LogP contribution in [0.4, 0.5) is 4.39 Å². The van der Waals surface area contributed by atoms with E-state index in [0.717, 1.165) is 16.8 Å². The van der Waals surface area contributed by atoms with E-state index in [1.807, 2.05) is 12.3 Å². The second-order valence-electron chi connectivity index (χ2n) is 7.21. The molecule has 1 N–H and O–H groups in total. The number of nitrogens with one attached hydrogen (secondary N) is 1. The van der Waals surface area contributed by atoms with Crippen LogP contribution in [-0.4, -0.2) is 38.4 Å². The van der Waals surface area contributed by atoms with Gasteiger partial charge >= 0.3 is 5.69 Å². The highest BCUT2D eigenvalue weighted by Crippen LogP contribution is 2.19. The summed E-state index contributed by atoms with van der Waals surface area (Å²) >= 11 is 1.54. The van der Waals surface area contributed by atoms with Crippen molar-refractivity contribution in [2.24, 2.45) is 0 Å². The standard InChI is InChI=1S/C20H22FN5O3S/c1-12-22-15(11-30-12)10-26-20(28)25-8-7-14(4-6-18(25)24-26)23-19(27)13-3-5-17(29-2)16(21)9-13/h3,5,9,11,14H,4,6-8,10H2,1-2H3,(H,23,27). The molecule has 2 aromatic heterocycles. The normalized spacial score (nSPS) is 16.0. The van der Waals surface area contributed by atoms with Crippen molar-refractivity contribution in [1.82, 2.24) is 24.6 Å². The number of thiazole rings is 1. The summed E-state index contributed by atoms with van der Waals surface area (Å²) in [6, 6.07) is 3.99. The summed E-state index contributed by atoms with van der Waals surface area (Å²) in [5, 5.41) is 10.3. The van der Waals surface area contributed by atoms with Crippen molar-refractivity contribution in [3.05, 3.63) is 62.0 Å². The van der Waals surface area contributed by atoms with E-state index in [0.29, 0.717) is 38.2 Å². The van der Waals surface area contributed by atoms with Crippen LogP contribution in [0.15, 0.2) is 28.4 Å². The van der Waals surface area contributed by atoms with Crippen LogP contribution in [0, 0.1) is 12.7 Å². The fraction of sp³-hybridized carbons (Fsp3) is 0.400. The second kappa shape index (κ2) is 8.39. The molecule has 1 aliphatic rings. The molecule has 0 spiro atoms. The molecule has 0 bridgehead atoms. The zero-order valence-corrected chi connectivity index (χ0v) is 17.5. The number of aromatic nitrogens is 4. The third kappa shape index (κ3) is 4.13. The number of methoxy groups -OCH3 is 1. The van der Waals surface area contributed by atoms with Crippen LogP contribution in [0.5, 0.6) is 5.75 Å². The number of carbonyl (C=O) groups excluding carboxylic acids is 1. The van der Waals surface area contributed by atoms with E-state index in [1.54, 1.807) is 15.9 Å². The Morgan fingerprint density at radius 1 is 1.40 bits per heavy atom. The van der Waals surface area contributed by atoms with E-state index in [1.165, 1.54) is 23.9 Å². The van der Waals surface area contributed by atoms with Gasteiger partial charge in [-0.3, -0.25) is 9.36 Å². The van der Waals surface area contributed by atoms with Crippen LogP contribution in [0.2, 0.25) is 0 Å². The highest BCUT2D eigenvalue weighted by molar-refractivity contribution is 7.09. The van der Waals surface area contributed by atoms with Gasteiger partial charge in [-0.05, 0) is 38.0 Å². The topological polar surface area (TPSA) is 91.0 Å². The van der Waals surface area contributed by atoms with E-state index >= 15 is 0 Å². The molecule has 3 heterocycles. The number of hydrogen-bond donors (Lipinski definition) is 1. The largest absolute Gasteiger partial charge is 0.494 e. The summed E-state index contributed by atoms with van der Waals surface area (Å²) in [5.74, 6) is -0.130. The minimum absolute atomic E-state index is 0.0931. The minimum Gasteiger partial charge on any atom is -0.494 e. The highest BCUT2D eigenvalue weighted by Gasteiger charge is 2.23. The zero-order chi connectivity index (χ0) is 21.3. The molecule has 0 saturated heterocycles. The summed E-state index contributed by atoms with van der Waals surface area (Å²) in [7, 11) is 1.37. The fourth-order valence-electron chi connectivity index (χ4n) is 3.59. The number of nitrogens with zero attached hydrogens (tertiary/aromatic N) is 4. The highest BCUT2D eigenvalue weighted by atomic mass is 32.1. The molecule has 0 aliphatic carbocycles. The molecule has 1 unspecified atom stereocenters. The van der Waals surface area contributed by atoms with Crippen LogP contribution in [-0.2, 0) is 19.5 Å². The van der Waals surface area contributed by atoms with Gasteiger partial charge in [-0.15, -0.1) is 11.3 Å². The molecule has 30 heavy (non-hydrogen) atoms. The first kappa shape index (κ1) is 20.3. The van der Waals surface area contributed by atoms with Crippen LogP contribution in [0.1, 0.15) is 39.7 Å². The Morgan fingerprint density at radius 3 is 2.93 bits per heavy atom. The van der Waals surface area contributed by atoms with Crippen molar-refractivity contribution < 1.29 is 13.9 Å². The number of rotatable bonds is 5. The number of ether oxygens (including phenoxy) is 1. The average Bonchev–Trinajstić information content (AvgIpc) is 3.19. The van der Waals surface area contributed by atoms with Crippen LogP contribution in [0.25, 0.3) is 0 Å². The number of carbonyl (C=O) groups is 1. The summed E-state index contributed by atoms with van der Waals surface area (Å²) in [6.45, 7) is 2.74. The lowest BCUT2D eigenvalue weighted by Crippen LogP contribution is -2.36. The Balaban J connectivity index is 1.41. The number of amides is 1. The molecule has 1 atom stereocenters. The minimum atomic E-state index is -0.581. The van der Waals surface area contributed by atoms with Gasteiger partial charge < -0.3 is 10.1 Å². The predicted octanol–water partition coefficient (Wildman–Crippen LogP) is 2.14. The molecular formula is C20H22FN5O3S. The van der Waals surface area contributed by atoms with Crippen molar-refractivity contribution in [3.63, 3.8) is 0 Å². The van der Waals surface area contributed by atoms with Crippen LogP contribution >= 0.6 is 11.3 Å². The smallest absolute Gasteiger partial charge is 0.346 e. The first-order valence-corrected chi connectivity index (χ1v) is 10.5. The molecule has 3 aromatic rings. The van der Waals surface area contributed by atoms with Gasteiger partial charge in [0.05, 0.1) is 24.4 Å². The van der Waals surface area contributed by atoms with E-state index in [4.69, 9.17) is 4.74 Å². The third-order valence-corrected chi connectivity index (χ3v) is 5.97. The molecule has 0 fully saturated rings. The van der Waals surface area contributed by atoms with Gasteiger partial charge in [-0.25, -0.2) is 18.9 Å². The molecule has 1 aliphatic heterocycles. The van der Waals surface area contributed by atoms with Gasteiger partial charge in [0.1, 0.15) is 5.82 Å². The number of benzene rings is 1. The zero-order valence-electron chi connectivity index (χ0n) is 16.7. The molecule has 1 aromatic carbocycles. The number of aryl methyl sites for hydroxylation is 2. The summed E-state index contributed by atoms with van der Waals surface area (Å²) in [6.07, 6.45) is 1.82. The Labute approximate surface area is 176 Å². The quantitative estimate of drug-likeness (QED) is 0.668. The molecule has 0 radical (unpaired) electrons. The lowest BCUT2D eigenvalue weighted by atomic mass is 10.1. The Morgan fingerprint density at radius 2 is 2.23 bits per heavy atom. The van der Waals surface area contributed by atoms with Crippen molar-refractivity contribution in [1.29, 1.82) is 0 Å².